The van der Waals surface area contributed by atoms with E-state index in [1.165, 1.54) is 69.8 Å². The van der Waals surface area contributed by atoms with Gasteiger partial charge in [0.25, 0.3) is 0 Å². The highest BCUT2D eigenvalue weighted by atomic mass is 16.4. The molecule has 0 aromatic heterocycles. The summed E-state index contributed by atoms with van der Waals surface area (Å²) in [6.07, 6.45) is 16.5. The predicted molar refractivity (Wildman–Crippen MR) is 85.0 cm³/mol. The molecule has 0 unspecified atom stereocenters. The Morgan fingerprint density at radius 3 is 2.00 bits per heavy atom. The molecule has 2 heteroatoms. The Balaban J connectivity index is 2.32. The standard InChI is InChI=1S/C18H32O2/c1-2-3-4-5-6-7-12-15-17(18(19)20)16-13-10-8-9-11-14-16/h2-15H2,1H3,(H,19,20). The van der Waals surface area contributed by atoms with Gasteiger partial charge in [-0.05, 0) is 38.5 Å². The quantitative estimate of drug-likeness (QED) is 0.326. The van der Waals surface area contributed by atoms with E-state index in [1.54, 1.807) is 0 Å². The van der Waals surface area contributed by atoms with E-state index in [1.807, 2.05) is 0 Å². The molecule has 0 aromatic rings. The van der Waals surface area contributed by atoms with Crippen LogP contribution in [0.4, 0.5) is 0 Å². The van der Waals surface area contributed by atoms with Crippen LogP contribution in [0.15, 0.2) is 11.1 Å². The van der Waals surface area contributed by atoms with Gasteiger partial charge in [0.2, 0.25) is 0 Å². The van der Waals surface area contributed by atoms with Crippen LogP contribution in [0.1, 0.15) is 96.8 Å². The lowest BCUT2D eigenvalue weighted by Crippen LogP contribution is -2.05. The molecule has 1 aliphatic rings. The molecule has 0 spiro atoms. The summed E-state index contributed by atoms with van der Waals surface area (Å²) < 4.78 is 0. The normalized spacial score (nSPS) is 15.9. The van der Waals surface area contributed by atoms with Gasteiger partial charge in [0.15, 0.2) is 0 Å². The highest BCUT2D eigenvalue weighted by molar-refractivity contribution is 5.87. The Hall–Kier alpha value is -0.790. The van der Waals surface area contributed by atoms with Gasteiger partial charge >= 0.3 is 5.97 Å². The number of rotatable bonds is 9. The van der Waals surface area contributed by atoms with E-state index in [-0.39, 0.29) is 0 Å². The van der Waals surface area contributed by atoms with Crippen LogP contribution in [0.3, 0.4) is 0 Å². The van der Waals surface area contributed by atoms with Crippen molar-refractivity contribution in [3.05, 3.63) is 11.1 Å². The van der Waals surface area contributed by atoms with Crippen LogP contribution < -0.4 is 0 Å². The van der Waals surface area contributed by atoms with E-state index in [0.29, 0.717) is 0 Å². The molecule has 1 rings (SSSR count). The molecule has 116 valence electrons. The summed E-state index contributed by atoms with van der Waals surface area (Å²) in [6.45, 7) is 2.23. The minimum Gasteiger partial charge on any atom is -0.478 e. The van der Waals surface area contributed by atoms with Crippen molar-refractivity contribution in [2.24, 2.45) is 0 Å². The van der Waals surface area contributed by atoms with Gasteiger partial charge in [-0.1, -0.05) is 63.9 Å². The third kappa shape index (κ3) is 7.12. The first-order valence-electron chi connectivity index (χ1n) is 8.70. The van der Waals surface area contributed by atoms with Crippen molar-refractivity contribution in [2.45, 2.75) is 96.8 Å². The minimum atomic E-state index is -0.659. The van der Waals surface area contributed by atoms with E-state index in [9.17, 15) is 9.90 Å². The van der Waals surface area contributed by atoms with Crippen molar-refractivity contribution in [3.63, 3.8) is 0 Å². The van der Waals surface area contributed by atoms with Gasteiger partial charge < -0.3 is 5.11 Å². The SMILES string of the molecule is CCCCCCCCCC(C(=O)O)=C1CCCCCC1. The maximum atomic E-state index is 11.5. The zero-order chi connectivity index (χ0) is 14.6. The van der Waals surface area contributed by atoms with Gasteiger partial charge in [0.05, 0.1) is 0 Å². The Morgan fingerprint density at radius 1 is 0.900 bits per heavy atom. The van der Waals surface area contributed by atoms with Gasteiger partial charge in [-0.15, -0.1) is 0 Å². The highest BCUT2D eigenvalue weighted by Crippen LogP contribution is 2.27. The van der Waals surface area contributed by atoms with Crippen LogP contribution in [0.2, 0.25) is 0 Å². The molecule has 0 bridgehead atoms. The van der Waals surface area contributed by atoms with Crippen molar-refractivity contribution >= 4 is 5.97 Å². The second-order valence-corrected chi connectivity index (χ2v) is 6.17. The number of carbonyl (C=O) groups is 1. The lowest BCUT2D eigenvalue weighted by molar-refractivity contribution is -0.132. The second-order valence-electron chi connectivity index (χ2n) is 6.17. The summed E-state index contributed by atoms with van der Waals surface area (Å²) in [5.74, 6) is -0.659. The summed E-state index contributed by atoms with van der Waals surface area (Å²) in [5.41, 5.74) is 2.00. The van der Waals surface area contributed by atoms with Gasteiger partial charge in [0.1, 0.15) is 0 Å². The fourth-order valence-electron chi connectivity index (χ4n) is 3.15. The fraction of sp³-hybridized carbons (Fsp3) is 0.833. The molecule has 2 nitrogen and oxygen atoms in total. The third-order valence-electron chi connectivity index (χ3n) is 4.42. The average Bonchev–Trinajstić information content (AvgIpc) is 2.70. The molecule has 1 fully saturated rings. The van der Waals surface area contributed by atoms with Crippen LogP contribution in [0, 0.1) is 0 Å². The van der Waals surface area contributed by atoms with Gasteiger partial charge in [0, 0.05) is 5.57 Å². The molecule has 0 amide bonds. The van der Waals surface area contributed by atoms with Gasteiger partial charge in [-0.2, -0.15) is 0 Å². The number of carboxylic acid groups (broad SMARTS) is 1. The van der Waals surface area contributed by atoms with Crippen molar-refractivity contribution in [1.29, 1.82) is 0 Å². The summed E-state index contributed by atoms with van der Waals surface area (Å²) >= 11 is 0. The van der Waals surface area contributed by atoms with Gasteiger partial charge in [-0.25, -0.2) is 4.79 Å². The fourth-order valence-corrected chi connectivity index (χ4v) is 3.15. The van der Waals surface area contributed by atoms with E-state index in [2.05, 4.69) is 6.92 Å². The topological polar surface area (TPSA) is 37.3 Å². The van der Waals surface area contributed by atoms with Crippen molar-refractivity contribution in [1.82, 2.24) is 0 Å². The van der Waals surface area contributed by atoms with Crippen LogP contribution in [0.5, 0.6) is 0 Å². The third-order valence-corrected chi connectivity index (χ3v) is 4.42. The van der Waals surface area contributed by atoms with Gasteiger partial charge in [-0.3, -0.25) is 0 Å². The molecule has 0 saturated heterocycles. The minimum absolute atomic E-state index is 0.659. The number of aliphatic carboxylic acids is 1. The maximum Gasteiger partial charge on any atom is 0.331 e. The molecule has 0 heterocycles. The first-order valence-corrected chi connectivity index (χ1v) is 8.70. The molecule has 0 atom stereocenters. The number of hydrogen-bond acceptors (Lipinski definition) is 1. The lowest BCUT2D eigenvalue weighted by Gasteiger charge is -2.10. The summed E-state index contributed by atoms with van der Waals surface area (Å²) in [5, 5.41) is 9.43. The Bertz CT molecular complexity index is 295. The molecular weight excluding hydrogens is 248 g/mol. The summed E-state index contributed by atoms with van der Waals surface area (Å²) in [4.78, 5) is 11.5. The first-order chi connectivity index (χ1) is 9.75. The van der Waals surface area contributed by atoms with E-state index < -0.39 is 5.97 Å². The van der Waals surface area contributed by atoms with Crippen molar-refractivity contribution < 1.29 is 9.90 Å². The number of carboxylic acids is 1. The highest BCUT2D eigenvalue weighted by Gasteiger charge is 2.15. The molecule has 1 saturated carbocycles. The molecule has 1 N–H and O–H groups in total. The van der Waals surface area contributed by atoms with Crippen LogP contribution in [-0.4, -0.2) is 11.1 Å². The van der Waals surface area contributed by atoms with Crippen LogP contribution >= 0.6 is 0 Å². The van der Waals surface area contributed by atoms with E-state index in [4.69, 9.17) is 0 Å². The first kappa shape index (κ1) is 17.3. The Labute approximate surface area is 124 Å². The number of hydrogen-bond donors (Lipinski definition) is 1. The molecule has 1 aliphatic carbocycles. The molecule has 20 heavy (non-hydrogen) atoms. The predicted octanol–water partition coefficient (Wildman–Crippen LogP) is 5.86. The Kier molecular flexibility index (Phi) is 9.44. The largest absolute Gasteiger partial charge is 0.478 e. The summed E-state index contributed by atoms with van der Waals surface area (Å²) in [7, 11) is 0. The maximum absolute atomic E-state index is 11.5. The van der Waals surface area contributed by atoms with Crippen LogP contribution in [-0.2, 0) is 4.79 Å². The monoisotopic (exact) mass is 280 g/mol. The average molecular weight is 280 g/mol. The van der Waals surface area contributed by atoms with Crippen LogP contribution in [0.25, 0.3) is 0 Å². The van der Waals surface area contributed by atoms with E-state index >= 15 is 0 Å². The second kappa shape index (κ2) is 10.9. The number of unbranched alkanes of at least 4 members (excludes halogenated alkanes) is 6. The number of allylic oxidation sites excluding steroid dienone is 1. The molecule has 0 aliphatic heterocycles. The molecular formula is C18H32O2. The van der Waals surface area contributed by atoms with Crippen molar-refractivity contribution in [2.75, 3.05) is 0 Å². The lowest BCUT2D eigenvalue weighted by atomic mass is 9.96. The zero-order valence-corrected chi connectivity index (χ0v) is 13.3. The summed E-state index contributed by atoms with van der Waals surface area (Å²) in [6, 6.07) is 0. The van der Waals surface area contributed by atoms with Crippen molar-refractivity contribution in [3.8, 4) is 0 Å². The molecule has 0 aromatic carbocycles. The van der Waals surface area contributed by atoms with E-state index in [0.717, 1.165) is 31.3 Å². The zero-order valence-electron chi connectivity index (χ0n) is 13.3. The Morgan fingerprint density at radius 2 is 1.45 bits per heavy atom. The molecule has 0 radical (unpaired) electrons. The smallest absolute Gasteiger partial charge is 0.331 e.